The second-order valence-electron chi connectivity index (χ2n) is 6.32. The highest BCUT2D eigenvalue weighted by Crippen LogP contribution is 2.36. The van der Waals surface area contributed by atoms with Gasteiger partial charge in [0, 0.05) is 27.7 Å². The number of nitrogens with zero attached hydrogens (tertiary/aromatic N) is 2. The first-order valence-electron chi connectivity index (χ1n) is 8.66. The molecule has 2 aromatic carbocycles. The lowest BCUT2D eigenvalue weighted by Gasteiger charge is -2.00. The van der Waals surface area contributed by atoms with Crippen molar-refractivity contribution in [3.05, 3.63) is 53.7 Å². The number of ether oxygens (including phenoxy) is 2. The van der Waals surface area contributed by atoms with Crippen molar-refractivity contribution in [3.8, 4) is 23.0 Å². The summed E-state index contributed by atoms with van der Waals surface area (Å²) < 4.78 is 16.4. The molecule has 2 aromatic heterocycles. The van der Waals surface area contributed by atoms with Crippen LogP contribution in [0.2, 0.25) is 0 Å². The molecule has 0 spiro atoms. The highest BCUT2D eigenvalue weighted by molar-refractivity contribution is 7.99. The molecule has 1 N–H and O–H groups in total. The van der Waals surface area contributed by atoms with Crippen LogP contribution in [0, 0.1) is 6.92 Å². The molecule has 0 aliphatic carbocycles. The summed E-state index contributed by atoms with van der Waals surface area (Å²) >= 11 is 1.23. The van der Waals surface area contributed by atoms with Crippen LogP contribution < -0.4 is 9.47 Å². The number of para-hydroxylation sites is 1. The molecule has 0 saturated carbocycles. The van der Waals surface area contributed by atoms with Crippen molar-refractivity contribution in [1.82, 2.24) is 15.2 Å². The van der Waals surface area contributed by atoms with E-state index in [2.05, 4.69) is 15.2 Å². The van der Waals surface area contributed by atoms with Crippen molar-refractivity contribution < 1.29 is 18.7 Å². The fraction of sp³-hybridized carbons (Fsp3) is 0.150. The highest BCUT2D eigenvalue weighted by atomic mass is 32.2. The van der Waals surface area contributed by atoms with Crippen LogP contribution in [0.4, 0.5) is 0 Å². The fourth-order valence-corrected chi connectivity index (χ4v) is 3.89. The normalized spacial score (nSPS) is 12.6. The summed E-state index contributed by atoms with van der Waals surface area (Å²) in [6.07, 6.45) is 0. The van der Waals surface area contributed by atoms with Gasteiger partial charge >= 0.3 is 0 Å². The Morgan fingerprint density at radius 1 is 1.14 bits per heavy atom. The van der Waals surface area contributed by atoms with Gasteiger partial charge in [0.05, 0.1) is 5.75 Å². The molecule has 0 amide bonds. The Hall–Kier alpha value is -3.26. The van der Waals surface area contributed by atoms with Crippen molar-refractivity contribution in [2.75, 3.05) is 12.5 Å². The Morgan fingerprint density at radius 3 is 2.93 bits per heavy atom. The lowest BCUT2D eigenvalue weighted by Crippen LogP contribution is -2.03. The predicted octanol–water partition coefficient (Wildman–Crippen LogP) is 4.23. The van der Waals surface area contributed by atoms with E-state index in [-0.39, 0.29) is 18.3 Å². The SMILES string of the molecule is Cc1[nH]c2ccccc2c1C(=O)CSc1nnc(-c2ccc3c(c2)OCO3)o1. The summed E-state index contributed by atoms with van der Waals surface area (Å²) in [7, 11) is 0. The van der Waals surface area contributed by atoms with Gasteiger partial charge in [0.2, 0.25) is 12.7 Å². The number of benzene rings is 2. The fourth-order valence-electron chi connectivity index (χ4n) is 3.25. The minimum absolute atomic E-state index is 0.0165. The van der Waals surface area contributed by atoms with Crippen molar-refractivity contribution in [3.63, 3.8) is 0 Å². The van der Waals surface area contributed by atoms with Crippen LogP contribution in [-0.4, -0.2) is 33.5 Å². The van der Waals surface area contributed by atoms with Crippen LogP contribution in [0.1, 0.15) is 16.1 Å². The standard InChI is InChI=1S/C20H15N3O4S/c1-11-18(13-4-2-3-5-14(13)21-11)15(24)9-28-20-23-22-19(27-20)12-6-7-16-17(8-12)26-10-25-16/h2-8,21H,9-10H2,1H3. The molecule has 0 atom stereocenters. The van der Waals surface area contributed by atoms with Gasteiger partial charge in [-0.15, -0.1) is 10.2 Å². The number of aromatic amines is 1. The van der Waals surface area contributed by atoms with Crippen LogP contribution in [0.5, 0.6) is 11.5 Å². The zero-order valence-electron chi connectivity index (χ0n) is 14.9. The number of hydrogen-bond acceptors (Lipinski definition) is 7. The third kappa shape index (κ3) is 2.91. The Bertz CT molecular complexity index is 1200. The van der Waals surface area contributed by atoms with E-state index in [0.717, 1.165) is 22.2 Å². The number of aryl methyl sites for hydroxylation is 1. The first-order valence-corrected chi connectivity index (χ1v) is 9.64. The van der Waals surface area contributed by atoms with Crippen molar-refractivity contribution in [1.29, 1.82) is 0 Å². The lowest BCUT2D eigenvalue weighted by atomic mass is 10.1. The number of carbonyl (C=O) groups is 1. The van der Waals surface area contributed by atoms with Gasteiger partial charge in [-0.25, -0.2) is 0 Å². The second-order valence-corrected chi connectivity index (χ2v) is 7.25. The third-order valence-electron chi connectivity index (χ3n) is 4.53. The number of carbonyl (C=O) groups excluding carboxylic acids is 1. The molecule has 140 valence electrons. The van der Waals surface area contributed by atoms with Crippen molar-refractivity contribution in [2.24, 2.45) is 0 Å². The monoisotopic (exact) mass is 393 g/mol. The van der Waals surface area contributed by atoms with Crippen molar-refractivity contribution in [2.45, 2.75) is 12.1 Å². The summed E-state index contributed by atoms with van der Waals surface area (Å²) in [5.41, 5.74) is 3.26. The topological polar surface area (TPSA) is 90.2 Å². The largest absolute Gasteiger partial charge is 0.454 e. The van der Waals surface area contributed by atoms with Gasteiger partial charge in [0.15, 0.2) is 17.3 Å². The van der Waals surface area contributed by atoms with Gasteiger partial charge < -0.3 is 18.9 Å². The second kappa shape index (κ2) is 6.72. The number of nitrogens with one attached hydrogen (secondary N) is 1. The quantitative estimate of drug-likeness (QED) is 0.401. The number of Topliss-reactive ketones (excluding diaryl/α,β-unsaturated/α-hetero) is 1. The Kier molecular flexibility index (Phi) is 4.05. The molecule has 8 heteroatoms. The summed E-state index contributed by atoms with van der Waals surface area (Å²) in [4.78, 5) is 16.0. The molecule has 1 aliphatic rings. The molecule has 0 bridgehead atoms. The summed E-state index contributed by atoms with van der Waals surface area (Å²) in [5.74, 6) is 1.94. The molecule has 28 heavy (non-hydrogen) atoms. The van der Waals surface area contributed by atoms with Gasteiger partial charge in [-0.05, 0) is 31.2 Å². The number of hydrogen-bond donors (Lipinski definition) is 1. The van der Waals surface area contributed by atoms with Crippen LogP contribution in [0.3, 0.4) is 0 Å². The zero-order chi connectivity index (χ0) is 19.1. The average Bonchev–Trinajstić information content (AvgIpc) is 3.42. The van der Waals surface area contributed by atoms with E-state index >= 15 is 0 Å². The zero-order valence-corrected chi connectivity index (χ0v) is 15.7. The van der Waals surface area contributed by atoms with Crippen LogP contribution in [0.15, 0.2) is 52.1 Å². The number of thioether (sulfide) groups is 1. The first-order chi connectivity index (χ1) is 13.7. The number of fused-ring (bicyclic) bond motifs is 2. The van der Waals surface area contributed by atoms with Gasteiger partial charge in [0.1, 0.15) is 0 Å². The van der Waals surface area contributed by atoms with Crippen LogP contribution in [0.25, 0.3) is 22.4 Å². The molecule has 0 fully saturated rings. The molecule has 0 radical (unpaired) electrons. The van der Waals surface area contributed by atoms with E-state index in [1.54, 1.807) is 12.1 Å². The first kappa shape index (κ1) is 16.9. The Morgan fingerprint density at radius 2 is 2.00 bits per heavy atom. The molecule has 7 nitrogen and oxygen atoms in total. The number of H-pyrrole nitrogens is 1. The predicted molar refractivity (Wildman–Crippen MR) is 104 cm³/mol. The van der Waals surface area contributed by atoms with Gasteiger partial charge in [0.25, 0.3) is 5.22 Å². The van der Waals surface area contributed by atoms with Gasteiger partial charge in [-0.1, -0.05) is 30.0 Å². The number of ketones is 1. The highest BCUT2D eigenvalue weighted by Gasteiger charge is 2.19. The third-order valence-corrected chi connectivity index (χ3v) is 5.34. The van der Waals surface area contributed by atoms with Crippen LogP contribution in [-0.2, 0) is 0 Å². The molecule has 4 aromatic rings. The molecule has 5 rings (SSSR count). The summed E-state index contributed by atoms with van der Waals surface area (Å²) in [5, 5.41) is 9.38. The maximum absolute atomic E-state index is 12.8. The average molecular weight is 393 g/mol. The Balaban J connectivity index is 1.32. The molecule has 0 saturated heterocycles. The van der Waals surface area contributed by atoms with E-state index in [9.17, 15) is 4.79 Å². The molecular weight excluding hydrogens is 378 g/mol. The van der Waals surface area contributed by atoms with E-state index in [0.29, 0.717) is 28.2 Å². The molecule has 0 unspecified atom stereocenters. The molecule has 1 aliphatic heterocycles. The van der Waals surface area contributed by atoms with Crippen LogP contribution >= 0.6 is 11.8 Å². The van der Waals surface area contributed by atoms with E-state index < -0.39 is 0 Å². The molecule has 3 heterocycles. The minimum Gasteiger partial charge on any atom is -0.454 e. The smallest absolute Gasteiger partial charge is 0.277 e. The summed E-state index contributed by atoms with van der Waals surface area (Å²) in [6, 6.07) is 13.2. The lowest BCUT2D eigenvalue weighted by molar-refractivity contribution is 0.102. The van der Waals surface area contributed by atoms with Gasteiger partial charge in [-0.3, -0.25) is 4.79 Å². The van der Waals surface area contributed by atoms with E-state index in [1.807, 2.05) is 37.3 Å². The minimum atomic E-state index is 0.0165. The van der Waals surface area contributed by atoms with Gasteiger partial charge in [-0.2, -0.15) is 0 Å². The number of aromatic nitrogens is 3. The number of rotatable bonds is 5. The maximum atomic E-state index is 12.8. The van der Waals surface area contributed by atoms with Crippen molar-refractivity contribution >= 4 is 28.4 Å². The van der Waals surface area contributed by atoms with E-state index in [4.69, 9.17) is 13.9 Å². The maximum Gasteiger partial charge on any atom is 0.277 e. The summed E-state index contributed by atoms with van der Waals surface area (Å²) in [6.45, 7) is 2.11. The molecular formula is C20H15N3O4S. The Labute approximate surface area is 164 Å². The van der Waals surface area contributed by atoms with E-state index in [1.165, 1.54) is 11.8 Å².